The van der Waals surface area contributed by atoms with Crippen LogP contribution < -0.4 is 10.6 Å². The van der Waals surface area contributed by atoms with Gasteiger partial charge in [-0.15, -0.1) is 0 Å². The quantitative estimate of drug-likeness (QED) is 0.601. The van der Waals surface area contributed by atoms with Crippen LogP contribution in [0.5, 0.6) is 0 Å². The number of alkyl halides is 1. The summed E-state index contributed by atoms with van der Waals surface area (Å²) in [5, 5.41) is 14.8. The summed E-state index contributed by atoms with van der Waals surface area (Å²) in [4.78, 5) is 12.1. The van der Waals surface area contributed by atoms with Gasteiger partial charge in [-0.3, -0.25) is 10.1 Å². The van der Waals surface area contributed by atoms with Crippen LogP contribution in [0, 0.1) is 18.3 Å². The molecule has 0 aliphatic heterocycles. The van der Waals surface area contributed by atoms with Crippen LogP contribution in [0.2, 0.25) is 0 Å². The second-order valence-electron chi connectivity index (χ2n) is 5.23. The van der Waals surface area contributed by atoms with E-state index in [-0.39, 0.29) is 15.8 Å². The van der Waals surface area contributed by atoms with Gasteiger partial charge < -0.3 is 5.32 Å². The number of amides is 1. The molecule has 0 aliphatic rings. The Morgan fingerprint density at radius 1 is 1.25 bits per heavy atom. The molecule has 24 heavy (non-hydrogen) atoms. The highest BCUT2D eigenvalue weighted by Gasteiger charge is 2.14. The first kappa shape index (κ1) is 18.1. The first-order chi connectivity index (χ1) is 11.5. The normalized spacial score (nSPS) is 11.2. The van der Waals surface area contributed by atoms with E-state index < -0.39 is 0 Å². The summed E-state index contributed by atoms with van der Waals surface area (Å²) in [6.45, 7) is 2.00. The Labute approximate surface area is 155 Å². The van der Waals surface area contributed by atoms with Crippen molar-refractivity contribution in [1.82, 2.24) is 5.32 Å². The fourth-order valence-electron chi connectivity index (χ4n) is 2.13. The molecule has 1 amide bonds. The van der Waals surface area contributed by atoms with Crippen LogP contribution >= 0.6 is 28.1 Å². The lowest BCUT2D eigenvalue weighted by Crippen LogP contribution is -2.34. The molecule has 122 valence electrons. The van der Waals surface area contributed by atoms with Gasteiger partial charge in [0.05, 0.1) is 6.07 Å². The number of hydrogen-bond acceptors (Lipinski definition) is 3. The maximum Gasteiger partial charge on any atom is 0.257 e. The number of nitriles is 1. The number of anilines is 1. The van der Waals surface area contributed by atoms with Crippen molar-refractivity contribution in [2.75, 3.05) is 5.32 Å². The monoisotopic (exact) mass is 401 g/mol. The van der Waals surface area contributed by atoms with E-state index >= 15 is 0 Å². The van der Waals surface area contributed by atoms with Gasteiger partial charge in [0.1, 0.15) is 4.83 Å². The third-order valence-corrected chi connectivity index (χ3v) is 4.07. The smallest absolute Gasteiger partial charge is 0.257 e. The zero-order valence-electron chi connectivity index (χ0n) is 13.0. The number of aryl methyl sites for hydroxylation is 1. The van der Waals surface area contributed by atoms with E-state index in [1.807, 2.05) is 43.3 Å². The fourth-order valence-corrected chi connectivity index (χ4v) is 2.69. The number of carbonyl (C=O) groups excluding carboxylic acids is 1. The molecule has 0 spiro atoms. The van der Waals surface area contributed by atoms with Crippen molar-refractivity contribution in [3.63, 3.8) is 0 Å². The predicted octanol–water partition coefficient (Wildman–Crippen LogP) is 3.95. The molecule has 2 rings (SSSR count). The average molecular weight is 402 g/mol. The Balaban J connectivity index is 2.05. The summed E-state index contributed by atoms with van der Waals surface area (Å²) in [7, 11) is 0. The van der Waals surface area contributed by atoms with E-state index in [1.165, 1.54) is 0 Å². The lowest BCUT2D eigenvalue weighted by atomic mass is 10.0. The molecule has 0 saturated heterocycles. The number of nitrogens with zero attached hydrogens (tertiary/aromatic N) is 1. The number of hydrogen-bond donors (Lipinski definition) is 2. The highest BCUT2D eigenvalue weighted by atomic mass is 79.9. The minimum absolute atomic E-state index is 0.231. The highest BCUT2D eigenvalue weighted by molar-refractivity contribution is 9.09. The van der Waals surface area contributed by atoms with Crippen LogP contribution in [-0.2, 0) is 6.42 Å². The number of thiocarbonyl (C=S) groups is 1. The van der Waals surface area contributed by atoms with Crippen molar-refractivity contribution in [2.24, 2.45) is 0 Å². The van der Waals surface area contributed by atoms with Gasteiger partial charge in [-0.2, -0.15) is 5.26 Å². The van der Waals surface area contributed by atoms with Gasteiger partial charge in [0.25, 0.3) is 5.91 Å². The number of nitrogens with one attached hydrogen (secondary N) is 2. The highest BCUT2D eigenvalue weighted by Crippen LogP contribution is 2.15. The molecule has 0 aliphatic carbocycles. The standard InChI is InChI=1S/C18H16BrN3OS/c1-12-6-8-15(9-7-12)21-18(24)22-17(23)16-5-3-2-4-13(16)10-14(19)11-20/h2-9,14H,10H2,1H3,(H2,21,22,23,24). The second kappa shape index (κ2) is 8.57. The van der Waals surface area contributed by atoms with Crippen LogP contribution in [0.3, 0.4) is 0 Å². The van der Waals surface area contributed by atoms with Crippen molar-refractivity contribution in [3.8, 4) is 6.07 Å². The largest absolute Gasteiger partial charge is 0.332 e. The molecule has 1 unspecified atom stereocenters. The minimum Gasteiger partial charge on any atom is -0.332 e. The Morgan fingerprint density at radius 3 is 2.58 bits per heavy atom. The van der Waals surface area contributed by atoms with Crippen LogP contribution in [-0.4, -0.2) is 15.8 Å². The molecule has 2 aromatic carbocycles. The minimum atomic E-state index is -0.343. The number of carbonyl (C=O) groups is 1. The molecular formula is C18H16BrN3OS. The van der Waals surface area contributed by atoms with Crippen molar-refractivity contribution in [3.05, 3.63) is 65.2 Å². The van der Waals surface area contributed by atoms with E-state index in [9.17, 15) is 4.79 Å². The summed E-state index contributed by atoms with van der Waals surface area (Å²) < 4.78 is 0. The van der Waals surface area contributed by atoms with E-state index in [4.69, 9.17) is 17.5 Å². The zero-order chi connectivity index (χ0) is 17.5. The molecule has 6 heteroatoms. The van der Waals surface area contributed by atoms with E-state index in [0.717, 1.165) is 16.8 Å². The Kier molecular flexibility index (Phi) is 6.47. The number of halogens is 1. The molecular weight excluding hydrogens is 386 g/mol. The summed E-state index contributed by atoms with van der Waals surface area (Å²) in [5.41, 5.74) is 3.25. The maximum atomic E-state index is 12.5. The first-order valence-electron chi connectivity index (χ1n) is 7.30. The topological polar surface area (TPSA) is 64.9 Å². The summed E-state index contributed by atoms with van der Waals surface area (Å²) in [5.74, 6) is -0.298. The average Bonchev–Trinajstić information content (AvgIpc) is 2.57. The summed E-state index contributed by atoms with van der Waals surface area (Å²) in [6, 6.07) is 17.0. The van der Waals surface area contributed by atoms with Gasteiger partial charge in [-0.05, 0) is 49.3 Å². The van der Waals surface area contributed by atoms with E-state index in [1.54, 1.807) is 12.1 Å². The Bertz CT molecular complexity index is 784. The Hall–Kier alpha value is -2.23. The van der Waals surface area contributed by atoms with Crippen LogP contribution in [0.4, 0.5) is 5.69 Å². The van der Waals surface area contributed by atoms with E-state index in [2.05, 4.69) is 32.6 Å². The summed E-state index contributed by atoms with van der Waals surface area (Å²) in [6.07, 6.45) is 0.443. The second-order valence-corrected chi connectivity index (χ2v) is 6.75. The van der Waals surface area contributed by atoms with Gasteiger partial charge in [0.15, 0.2) is 5.11 Å². The Morgan fingerprint density at radius 2 is 1.92 bits per heavy atom. The molecule has 1 atom stereocenters. The summed E-state index contributed by atoms with van der Waals surface area (Å²) >= 11 is 8.46. The molecule has 2 N–H and O–H groups in total. The zero-order valence-corrected chi connectivity index (χ0v) is 15.4. The van der Waals surface area contributed by atoms with Crippen molar-refractivity contribution < 1.29 is 4.79 Å². The fraction of sp³-hybridized carbons (Fsp3) is 0.167. The first-order valence-corrected chi connectivity index (χ1v) is 8.62. The van der Waals surface area contributed by atoms with E-state index in [0.29, 0.717) is 12.0 Å². The SMILES string of the molecule is Cc1ccc(NC(=S)NC(=O)c2ccccc2CC(Br)C#N)cc1. The molecule has 2 aromatic rings. The van der Waals surface area contributed by atoms with Crippen LogP contribution in [0.15, 0.2) is 48.5 Å². The van der Waals surface area contributed by atoms with Crippen molar-refractivity contribution in [2.45, 2.75) is 18.2 Å². The molecule has 0 heterocycles. The number of rotatable bonds is 4. The van der Waals surface area contributed by atoms with Gasteiger partial charge in [-0.1, -0.05) is 51.8 Å². The van der Waals surface area contributed by atoms with Crippen LogP contribution in [0.1, 0.15) is 21.5 Å². The molecule has 0 aromatic heterocycles. The molecule has 0 bridgehead atoms. The number of benzene rings is 2. The van der Waals surface area contributed by atoms with Gasteiger partial charge in [-0.25, -0.2) is 0 Å². The molecule has 0 fully saturated rings. The molecule has 0 radical (unpaired) electrons. The molecule has 4 nitrogen and oxygen atoms in total. The third kappa shape index (κ3) is 5.15. The van der Waals surface area contributed by atoms with Crippen molar-refractivity contribution in [1.29, 1.82) is 5.26 Å². The lowest BCUT2D eigenvalue weighted by Gasteiger charge is -2.12. The van der Waals surface area contributed by atoms with Crippen molar-refractivity contribution >= 4 is 44.9 Å². The van der Waals surface area contributed by atoms with Gasteiger partial charge >= 0.3 is 0 Å². The maximum absolute atomic E-state index is 12.5. The third-order valence-electron chi connectivity index (χ3n) is 3.34. The van der Waals surface area contributed by atoms with Crippen LogP contribution in [0.25, 0.3) is 0 Å². The van der Waals surface area contributed by atoms with Gasteiger partial charge in [0, 0.05) is 11.3 Å². The predicted molar refractivity (Wildman–Crippen MR) is 103 cm³/mol. The molecule has 0 saturated carbocycles. The lowest BCUT2D eigenvalue weighted by molar-refractivity contribution is 0.0977. The van der Waals surface area contributed by atoms with Gasteiger partial charge in [0.2, 0.25) is 0 Å².